The molecule has 1 aliphatic rings. The van der Waals surface area contributed by atoms with E-state index in [1.54, 1.807) is 8.93 Å². The fraction of sp³-hybridized carbons (Fsp3) is 0.250. The maximum atomic E-state index is 14.5. The molecule has 2 rings (SSSR count). The van der Waals surface area contributed by atoms with Crippen molar-refractivity contribution in [1.29, 1.82) is 0 Å². The largest absolute Gasteiger partial charge is 0.439 e. The van der Waals surface area contributed by atoms with E-state index in [0.29, 0.717) is 0 Å². The molecule has 0 saturated carbocycles. The van der Waals surface area contributed by atoms with Crippen LogP contribution in [-0.4, -0.2) is 12.8 Å². The Balaban J connectivity index is 2.39. The SMILES string of the molecule is Fc1ccc(OP2(P)=NP(F)(P)=NP(F)(OCC(F)(F)F)=N2)cc1. The van der Waals surface area contributed by atoms with Gasteiger partial charge in [-0.05, 0) is 42.1 Å². The van der Waals surface area contributed by atoms with Gasteiger partial charge in [-0.3, -0.25) is 4.52 Å². The Hall–Kier alpha value is 0.110. The minimum atomic E-state index is -4.93. The second-order valence-corrected chi connectivity index (χ2v) is 14.2. The van der Waals surface area contributed by atoms with Crippen LogP contribution in [0.4, 0.5) is 26.0 Å². The second kappa shape index (κ2) is 7.02. The minimum absolute atomic E-state index is 0.0125. The van der Waals surface area contributed by atoms with Crippen LogP contribution in [0.25, 0.3) is 0 Å². The Morgan fingerprint density at radius 2 is 1.58 bits per heavy atom. The molecular weight excluding hydrogens is 439 g/mol. The van der Waals surface area contributed by atoms with E-state index in [1.807, 2.05) is 8.93 Å². The highest BCUT2D eigenvalue weighted by Crippen LogP contribution is 2.84. The van der Waals surface area contributed by atoms with Gasteiger partial charge in [0.05, 0.1) is 0 Å². The standard InChI is InChI=1S/C8H10F6N3O2P5/c9-6-1-3-7(4-2-6)19-24(21)16-22(13,15-23(14,20)17-24)18-5-8(10,11)12/h1-4H,5,20-21H2. The maximum Gasteiger partial charge on any atom is 0.412 e. The number of hydrogen-bond donors (Lipinski definition) is 0. The number of halogens is 6. The van der Waals surface area contributed by atoms with Gasteiger partial charge in [0.1, 0.15) is 11.6 Å². The van der Waals surface area contributed by atoms with Gasteiger partial charge in [0.25, 0.3) is 14.3 Å². The van der Waals surface area contributed by atoms with E-state index < -0.39 is 40.7 Å². The fourth-order valence-electron chi connectivity index (χ4n) is 1.44. The number of rotatable bonds is 4. The molecule has 136 valence electrons. The van der Waals surface area contributed by atoms with Gasteiger partial charge in [0.15, 0.2) is 6.61 Å². The van der Waals surface area contributed by atoms with Crippen LogP contribution in [0.3, 0.4) is 0 Å². The molecule has 0 amide bonds. The van der Waals surface area contributed by atoms with Crippen molar-refractivity contribution in [3.8, 4) is 5.75 Å². The molecule has 1 aromatic carbocycles. The number of hydrogen-bond acceptors (Lipinski definition) is 5. The van der Waals surface area contributed by atoms with Crippen LogP contribution in [0.15, 0.2) is 37.8 Å². The van der Waals surface area contributed by atoms with Crippen molar-refractivity contribution in [2.45, 2.75) is 6.18 Å². The summed E-state index contributed by atoms with van der Waals surface area (Å²) in [5.74, 6) is -0.591. The average Bonchev–Trinajstić information content (AvgIpc) is 2.35. The minimum Gasteiger partial charge on any atom is -0.439 e. The van der Waals surface area contributed by atoms with E-state index in [-0.39, 0.29) is 5.75 Å². The summed E-state index contributed by atoms with van der Waals surface area (Å²) >= 11 is 0. The molecule has 24 heavy (non-hydrogen) atoms. The Morgan fingerprint density at radius 3 is 2.12 bits per heavy atom. The first kappa shape index (κ1) is 20.4. The molecule has 5 nitrogen and oxygen atoms in total. The molecule has 0 aliphatic carbocycles. The van der Waals surface area contributed by atoms with Crippen LogP contribution >= 0.6 is 39.9 Å². The lowest BCUT2D eigenvalue weighted by atomic mass is 10.3. The van der Waals surface area contributed by atoms with Crippen molar-refractivity contribution >= 4 is 39.9 Å². The summed E-state index contributed by atoms with van der Waals surface area (Å²) < 4.78 is 97.5. The molecule has 1 heterocycles. The van der Waals surface area contributed by atoms with Gasteiger partial charge < -0.3 is 4.52 Å². The van der Waals surface area contributed by atoms with Crippen LogP contribution < -0.4 is 4.52 Å². The van der Waals surface area contributed by atoms with Gasteiger partial charge >= 0.3 is 13.9 Å². The van der Waals surface area contributed by atoms with Crippen molar-refractivity contribution in [2.24, 2.45) is 13.5 Å². The zero-order valence-corrected chi connectivity index (χ0v) is 16.4. The first-order valence-electron chi connectivity index (χ1n) is 5.84. The monoisotopic (exact) mass is 449 g/mol. The lowest BCUT2D eigenvalue weighted by molar-refractivity contribution is -0.153. The smallest absolute Gasteiger partial charge is 0.412 e. The molecule has 16 heteroatoms. The third kappa shape index (κ3) is 6.12. The van der Waals surface area contributed by atoms with E-state index >= 15 is 0 Å². The van der Waals surface area contributed by atoms with Gasteiger partial charge in [-0.1, -0.05) is 0 Å². The Morgan fingerprint density at radius 1 is 1.00 bits per heavy atom. The molecule has 0 fully saturated rings. The van der Waals surface area contributed by atoms with Crippen LogP contribution in [0.2, 0.25) is 0 Å². The fourth-order valence-corrected chi connectivity index (χ4v) is 14.6. The zero-order valence-electron chi connectivity index (χ0n) is 11.4. The third-order valence-corrected chi connectivity index (χ3v) is 13.0. The van der Waals surface area contributed by atoms with Crippen LogP contribution in [0.5, 0.6) is 5.75 Å². The molecule has 5 unspecified atom stereocenters. The summed E-state index contributed by atoms with van der Waals surface area (Å²) in [7, 11) is -9.34. The predicted molar refractivity (Wildman–Crippen MR) is 88.7 cm³/mol. The van der Waals surface area contributed by atoms with E-state index in [1.165, 1.54) is 0 Å². The summed E-state index contributed by atoms with van der Waals surface area (Å²) in [6.45, 7) is -1.98. The molecule has 0 aromatic heterocycles. The van der Waals surface area contributed by atoms with Crippen molar-refractivity contribution in [3.05, 3.63) is 30.1 Å². The van der Waals surface area contributed by atoms with Gasteiger partial charge in [-0.15, -0.1) is 4.52 Å². The Bertz CT molecular complexity index is 788. The maximum absolute atomic E-state index is 14.5. The molecule has 0 bridgehead atoms. The summed E-state index contributed by atoms with van der Waals surface area (Å²) in [6.07, 6.45) is -4.84. The van der Waals surface area contributed by atoms with Crippen LogP contribution in [0.1, 0.15) is 0 Å². The normalized spacial score (nSPS) is 33.2. The Labute approximate surface area is 137 Å². The molecule has 5 atom stereocenters. The van der Waals surface area contributed by atoms with E-state index in [0.717, 1.165) is 24.3 Å². The highest BCUT2D eigenvalue weighted by Gasteiger charge is 2.39. The first-order valence-corrected chi connectivity index (χ1v) is 13.8. The van der Waals surface area contributed by atoms with Crippen molar-refractivity contribution in [2.75, 3.05) is 6.61 Å². The van der Waals surface area contributed by atoms with E-state index in [2.05, 4.69) is 18.1 Å². The topological polar surface area (TPSA) is 55.5 Å². The van der Waals surface area contributed by atoms with Gasteiger partial charge in [-0.2, -0.15) is 30.6 Å². The summed E-state index contributed by atoms with van der Waals surface area (Å²) in [6, 6.07) is 4.37. The van der Waals surface area contributed by atoms with Crippen molar-refractivity contribution in [3.63, 3.8) is 0 Å². The molecule has 1 aliphatic heterocycles. The predicted octanol–water partition coefficient (Wildman–Crippen LogP) is 7.32. The lowest BCUT2D eigenvalue weighted by Crippen LogP contribution is -2.15. The van der Waals surface area contributed by atoms with Gasteiger partial charge in [0.2, 0.25) is 0 Å². The molecular formula is C8H10F6N3O2P5. The highest BCUT2D eigenvalue weighted by molar-refractivity contribution is 8.24. The highest BCUT2D eigenvalue weighted by atomic mass is 32.1. The zero-order chi connectivity index (χ0) is 18.2. The molecule has 1 aromatic rings. The summed E-state index contributed by atoms with van der Waals surface area (Å²) in [4.78, 5) is 0. The van der Waals surface area contributed by atoms with Crippen LogP contribution in [-0.2, 0) is 4.52 Å². The van der Waals surface area contributed by atoms with E-state index in [4.69, 9.17) is 4.52 Å². The lowest BCUT2D eigenvalue weighted by Gasteiger charge is -2.25. The number of alkyl halides is 3. The molecule has 0 N–H and O–H groups in total. The summed E-state index contributed by atoms with van der Waals surface area (Å²) in [5, 5.41) is 0. The molecule has 0 radical (unpaired) electrons. The Kier molecular flexibility index (Phi) is 5.98. The van der Waals surface area contributed by atoms with Gasteiger partial charge in [-0.25, -0.2) is 4.39 Å². The van der Waals surface area contributed by atoms with Crippen molar-refractivity contribution < 1.29 is 35.0 Å². The van der Waals surface area contributed by atoms with Crippen LogP contribution in [0, 0.1) is 5.82 Å². The molecule has 0 spiro atoms. The average molecular weight is 449 g/mol. The quantitative estimate of drug-likeness (QED) is 0.357. The number of benzene rings is 1. The number of nitrogens with zero attached hydrogens (tertiary/aromatic N) is 3. The third-order valence-electron chi connectivity index (χ3n) is 2.17. The van der Waals surface area contributed by atoms with Gasteiger partial charge in [0, 0.05) is 0 Å². The van der Waals surface area contributed by atoms with Crippen molar-refractivity contribution in [1.82, 2.24) is 0 Å². The first-order chi connectivity index (χ1) is 10.8. The summed E-state index contributed by atoms with van der Waals surface area (Å²) in [5.41, 5.74) is 0. The van der Waals surface area contributed by atoms with E-state index in [9.17, 15) is 26.0 Å². The molecule has 0 saturated heterocycles. The second-order valence-electron chi connectivity index (χ2n) is 4.33.